The lowest BCUT2D eigenvalue weighted by atomic mass is 10.2. The Balaban J connectivity index is 3.46. The molecule has 0 aliphatic heterocycles. The Bertz CT molecular complexity index is 130. The molecule has 0 heterocycles. The molecule has 12 heavy (non-hydrogen) atoms. The Morgan fingerprint density at radius 1 is 1.50 bits per heavy atom. The van der Waals surface area contributed by atoms with Gasteiger partial charge in [0, 0.05) is 19.1 Å². The molecule has 5 heteroatoms. The molecular weight excluding hydrogens is 160 g/mol. The number of carbonyl (C=O) groups is 1. The fourth-order valence-corrected chi connectivity index (χ4v) is 0.813. The summed E-state index contributed by atoms with van der Waals surface area (Å²) in [6, 6.07) is -0.337. The number of hydrogen-bond donors (Lipinski definition) is 4. The molecule has 0 aromatic carbocycles. The highest BCUT2D eigenvalue weighted by atomic mass is 16.4. The molecule has 1 atom stereocenters. The number of aliphatic hydroxyl groups excluding tert-OH is 1. The fourth-order valence-electron chi connectivity index (χ4n) is 0.813. The van der Waals surface area contributed by atoms with Crippen LogP contribution in [0.15, 0.2) is 0 Å². The highest BCUT2D eigenvalue weighted by Gasteiger charge is 2.09. The maximum absolute atomic E-state index is 10.2. The summed E-state index contributed by atoms with van der Waals surface area (Å²) in [5.41, 5.74) is 0. The van der Waals surface area contributed by atoms with E-state index in [0.717, 1.165) is 6.54 Å². The van der Waals surface area contributed by atoms with Crippen LogP contribution in [0.5, 0.6) is 0 Å². The van der Waals surface area contributed by atoms with Crippen molar-refractivity contribution in [2.24, 2.45) is 0 Å². The zero-order valence-electron chi connectivity index (χ0n) is 7.21. The predicted octanol–water partition coefficient (Wildman–Crippen LogP) is -1.37. The first-order chi connectivity index (χ1) is 5.70. The highest BCUT2D eigenvalue weighted by Crippen LogP contribution is 1.89. The molecule has 0 radical (unpaired) electrons. The topological polar surface area (TPSA) is 81.6 Å². The van der Waals surface area contributed by atoms with Gasteiger partial charge in [-0.3, -0.25) is 4.79 Å². The van der Waals surface area contributed by atoms with Crippen molar-refractivity contribution in [2.75, 3.05) is 26.7 Å². The Morgan fingerprint density at radius 3 is 2.58 bits per heavy atom. The van der Waals surface area contributed by atoms with Crippen molar-refractivity contribution in [1.82, 2.24) is 10.6 Å². The van der Waals surface area contributed by atoms with Gasteiger partial charge in [-0.15, -0.1) is 0 Å². The van der Waals surface area contributed by atoms with E-state index in [4.69, 9.17) is 10.2 Å². The van der Waals surface area contributed by atoms with Crippen LogP contribution in [0.1, 0.15) is 6.42 Å². The predicted molar refractivity (Wildman–Crippen MR) is 45.1 cm³/mol. The molecule has 0 aliphatic carbocycles. The quantitative estimate of drug-likeness (QED) is 0.360. The van der Waals surface area contributed by atoms with Crippen LogP contribution in [0.3, 0.4) is 0 Å². The minimum absolute atomic E-state index is 0.0415. The van der Waals surface area contributed by atoms with Crippen LogP contribution < -0.4 is 10.6 Å². The Hall–Kier alpha value is -0.650. The number of nitrogens with one attached hydrogen (secondary N) is 2. The molecule has 4 N–H and O–H groups in total. The van der Waals surface area contributed by atoms with E-state index >= 15 is 0 Å². The van der Waals surface area contributed by atoms with Crippen molar-refractivity contribution >= 4 is 5.97 Å². The first kappa shape index (κ1) is 11.4. The number of carboxylic acids is 1. The molecule has 0 aromatic heterocycles. The summed E-state index contributed by atoms with van der Waals surface area (Å²) in [6.07, 6.45) is -0.0415. The van der Waals surface area contributed by atoms with E-state index < -0.39 is 5.97 Å². The van der Waals surface area contributed by atoms with Crippen LogP contribution in [-0.4, -0.2) is 49.0 Å². The van der Waals surface area contributed by atoms with Gasteiger partial charge >= 0.3 is 5.97 Å². The summed E-state index contributed by atoms with van der Waals surface area (Å²) in [6.45, 7) is 1.28. The van der Waals surface area contributed by atoms with Gasteiger partial charge in [0.05, 0.1) is 13.0 Å². The molecule has 0 saturated heterocycles. The van der Waals surface area contributed by atoms with Gasteiger partial charge < -0.3 is 20.8 Å². The van der Waals surface area contributed by atoms with Crippen LogP contribution in [0.2, 0.25) is 0 Å². The van der Waals surface area contributed by atoms with Gasteiger partial charge in [-0.1, -0.05) is 0 Å². The summed E-state index contributed by atoms with van der Waals surface area (Å²) in [5, 5.41) is 23.0. The van der Waals surface area contributed by atoms with E-state index in [2.05, 4.69) is 10.6 Å². The van der Waals surface area contributed by atoms with Crippen molar-refractivity contribution in [1.29, 1.82) is 0 Å². The van der Waals surface area contributed by atoms with Crippen molar-refractivity contribution in [3.05, 3.63) is 0 Å². The molecule has 0 aromatic rings. The monoisotopic (exact) mass is 176 g/mol. The highest BCUT2D eigenvalue weighted by molar-refractivity contribution is 5.67. The van der Waals surface area contributed by atoms with E-state index in [1.165, 1.54) is 0 Å². The zero-order valence-corrected chi connectivity index (χ0v) is 7.21. The van der Waals surface area contributed by atoms with Crippen molar-refractivity contribution in [3.63, 3.8) is 0 Å². The summed E-state index contributed by atoms with van der Waals surface area (Å²) in [4.78, 5) is 10.2. The van der Waals surface area contributed by atoms with Crippen LogP contribution in [-0.2, 0) is 4.79 Å². The lowest BCUT2D eigenvalue weighted by Crippen LogP contribution is -2.38. The van der Waals surface area contributed by atoms with E-state index in [-0.39, 0.29) is 19.1 Å². The van der Waals surface area contributed by atoms with Gasteiger partial charge in [-0.25, -0.2) is 0 Å². The number of aliphatic carboxylic acids is 1. The van der Waals surface area contributed by atoms with Crippen LogP contribution in [0.25, 0.3) is 0 Å². The maximum atomic E-state index is 10.2. The summed E-state index contributed by atoms with van der Waals surface area (Å²) in [7, 11) is 1.81. The number of likely N-dealkylation sites (N-methyl/N-ethyl adjacent to an activating group) is 1. The Labute approximate surface area is 71.8 Å². The number of hydrogen-bond acceptors (Lipinski definition) is 4. The molecule has 0 fully saturated rings. The first-order valence-corrected chi connectivity index (χ1v) is 3.91. The molecule has 0 aliphatic rings. The second-order valence-corrected chi connectivity index (χ2v) is 2.54. The third kappa shape index (κ3) is 6.09. The van der Waals surface area contributed by atoms with E-state index in [0.29, 0.717) is 6.54 Å². The molecule has 0 rings (SSSR count). The van der Waals surface area contributed by atoms with Crippen LogP contribution in [0, 0.1) is 0 Å². The van der Waals surface area contributed by atoms with Crippen LogP contribution in [0.4, 0.5) is 0 Å². The third-order valence-electron chi connectivity index (χ3n) is 1.45. The molecule has 0 bridgehead atoms. The molecule has 72 valence electrons. The normalized spacial score (nSPS) is 12.8. The van der Waals surface area contributed by atoms with Crippen molar-refractivity contribution < 1.29 is 15.0 Å². The van der Waals surface area contributed by atoms with Crippen molar-refractivity contribution in [3.8, 4) is 0 Å². The van der Waals surface area contributed by atoms with Gasteiger partial charge in [0.2, 0.25) is 0 Å². The minimum Gasteiger partial charge on any atom is -0.481 e. The number of rotatable bonds is 7. The fraction of sp³-hybridized carbons (Fsp3) is 0.857. The molecular formula is C7H16N2O3. The Kier molecular flexibility index (Phi) is 6.64. The average molecular weight is 176 g/mol. The molecule has 0 saturated carbocycles. The zero-order chi connectivity index (χ0) is 9.40. The summed E-state index contributed by atoms with van der Waals surface area (Å²) < 4.78 is 0. The molecule has 0 amide bonds. The van der Waals surface area contributed by atoms with Crippen molar-refractivity contribution in [2.45, 2.75) is 12.5 Å². The average Bonchev–Trinajstić information content (AvgIpc) is 2.02. The SMILES string of the molecule is CNCCNC(CO)CC(=O)O. The smallest absolute Gasteiger partial charge is 0.305 e. The second-order valence-electron chi connectivity index (χ2n) is 2.54. The van der Waals surface area contributed by atoms with Gasteiger partial charge in [-0.05, 0) is 7.05 Å². The summed E-state index contributed by atoms with van der Waals surface area (Å²) in [5.74, 6) is -0.897. The van der Waals surface area contributed by atoms with Gasteiger partial charge in [0.15, 0.2) is 0 Å². The lowest BCUT2D eigenvalue weighted by molar-refractivity contribution is -0.137. The number of carboxylic acid groups (broad SMARTS) is 1. The largest absolute Gasteiger partial charge is 0.481 e. The van der Waals surface area contributed by atoms with Crippen LogP contribution >= 0.6 is 0 Å². The lowest BCUT2D eigenvalue weighted by Gasteiger charge is -2.13. The van der Waals surface area contributed by atoms with Gasteiger partial charge in [0.1, 0.15) is 0 Å². The maximum Gasteiger partial charge on any atom is 0.305 e. The molecule has 0 spiro atoms. The summed E-state index contributed by atoms with van der Waals surface area (Å²) >= 11 is 0. The first-order valence-electron chi connectivity index (χ1n) is 3.91. The van der Waals surface area contributed by atoms with E-state index in [1.807, 2.05) is 7.05 Å². The van der Waals surface area contributed by atoms with Gasteiger partial charge in [0.25, 0.3) is 0 Å². The Morgan fingerprint density at radius 2 is 2.17 bits per heavy atom. The van der Waals surface area contributed by atoms with E-state index in [9.17, 15) is 4.79 Å². The standard InChI is InChI=1S/C7H16N2O3/c1-8-2-3-9-6(5-10)4-7(11)12/h6,8-10H,2-5H2,1H3,(H,11,12). The third-order valence-corrected chi connectivity index (χ3v) is 1.45. The number of aliphatic hydroxyl groups is 1. The molecule has 5 nitrogen and oxygen atoms in total. The van der Waals surface area contributed by atoms with E-state index in [1.54, 1.807) is 0 Å². The minimum atomic E-state index is -0.897. The van der Waals surface area contributed by atoms with Gasteiger partial charge in [-0.2, -0.15) is 0 Å². The second kappa shape index (κ2) is 7.02. The molecule has 1 unspecified atom stereocenters.